The van der Waals surface area contributed by atoms with Gasteiger partial charge in [-0.25, -0.2) is 4.79 Å². The molecule has 4 heteroatoms. The summed E-state index contributed by atoms with van der Waals surface area (Å²) in [6.45, 7) is 2.73. The number of allylic oxidation sites excluding steroid dienone is 1. The van der Waals surface area contributed by atoms with Gasteiger partial charge in [-0.05, 0) is 48.7 Å². The predicted octanol–water partition coefficient (Wildman–Crippen LogP) is 5.07. The average molecular weight is 397 g/mol. The highest BCUT2D eigenvalue weighted by Gasteiger charge is 2.22. The fourth-order valence-electron chi connectivity index (χ4n) is 3.79. The second-order valence-electron chi connectivity index (χ2n) is 7.39. The molecule has 0 radical (unpaired) electrons. The molecule has 0 atom stereocenters. The SMILES string of the molecule is COC(=O)c1ccc2c(c1)CCN2/C=C(/C(=O)c1cccc(C)c1)c1ccccc1. The van der Waals surface area contributed by atoms with Gasteiger partial charge in [-0.15, -0.1) is 0 Å². The molecule has 0 saturated heterocycles. The van der Waals surface area contributed by atoms with Crippen LogP contribution in [0.4, 0.5) is 5.69 Å². The number of aryl methyl sites for hydroxylation is 1. The Labute approximate surface area is 176 Å². The van der Waals surface area contributed by atoms with Crippen LogP contribution in [0.5, 0.6) is 0 Å². The molecule has 0 spiro atoms. The quantitative estimate of drug-likeness (QED) is 0.343. The maximum absolute atomic E-state index is 13.4. The Morgan fingerprint density at radius 2 is 1.67 bits per heavy atom. The summed E-state index contributed by atoms with van der Waals surface area (Å²) in [4.78, 5) is 27.4. The summed E-state index contributed by atoms with van der Waals surface area (Å²) in [7, 11) is 1.38. The molecular weight excluding hydrogens is 374 g/mol. The summed E-state index contributed by atoms with van der Waals surface area (Å²) in [6, 6.07) is 23.0. The summed E-state index contributed by atoms with van der Waals surface area (Å²) in [5, 5.41) is 0. The highest BCUT2D eigenvalue weighted by atomic mass is 16.5. The Hall–Kier alpha value is -3.66. The first-order valence-electron chi connectivity index (χ1n) is 9.93. The van der Waals surface area contributed by atoms with Crippen molar-refractivity contribution in [1.82, 2.24) is 0 Å². The van der Waals surface area contributed by atoms with E-state index in [4.69, 9.17) is 4.74 Å². The molecule has 0 unspecified atom stereocenters. The van der Waals surface area contributed by atoms with E-state index in [0.717, 1.165) is 35.3 Å². The molecule has 0 bridgehead atoms. The fourth-order valence-corrected chi connectivity index (χ4v) is 3.79. The minimum absolute atomic E-state index is 0.00969. The van der Waals surface area contributed by atoms with E-state index in [0.29, 0.717) is 16.7 Å². The topological polar surface area (TPSA) is 46.6 Å². The molecule has 3 aromatic carbocycles. The van der Waals surface area contributed by atoms with Crippen LogP contribution in [-0.2, 0) is 11.2 Å². The molecule has 0 amide bonds. The van der Waals surface area contributed by atoms with Crippen molar-refractivity contribution in [3.05, 3.63) is 107 Å². The number of benzene rings is 3. The molecule has 0 saturated carbocycles. The Morgan fingerprint density at radius 1 is 0.900 bits per heavy atom. The lowest BCUT2D eigenvalue weighted by Gasteiger charge is -2.18. The Balaban J connectivity index is 1.74. The number of Topliss-reactive ketones (excluding diaryl/α,β-unsaturated/α-hetero) is 1. The highest BCUT2D eigenvalue weighted by Crippen LogP contribution is 2.32. The average Bonchev–Trinajstić information content (AvgIpc) is 3.19. The van der Waals surface area contributed by atoms with Gasteiger partial charge in [0, 0.05) is 29.6 Å². The third kappa shape index (κ3) is 3.90. The van der Waals surface area contributed by atoms with E-state index in [1.54, 1.807) is 6.07 Å². The number of esters is 1. The molecule has 30 heavy (non-hydrogen) atoms. The standard InChI is InChI=1S/C26H23NO3/c1-18-7-6-10-21(15-18)25(28)23(19-8-4-3-5-9-19)17-27-14-13-20-16-22(26(29)30-2)11-12-24(20)27/h3-12,15-17H,13-14H2,1-2H3/b23-17+. The van der Waals surface area contributed by atoms with Crippen LogP contribution in [0.1, 0.15) is 37.4 Å². The molecule has 150 valence electrons. The second-order valence-corrected chi connectivity index (χ2v) is 7.39. The van der Waals surface area contributed by atoms with Crippen molar-refractivity contribution in [2.75, 3.05) is 18.6 Å². The molecule has 1 aliphatic heterocycles. The summed E-state index contributed by atoms with van der Waals surface area (Å²) >= 11 is 0. The van der Waals surface area contributed by atoms with Crippen molar-refractivity contribution in [3.63, 3.8) is 0 Å². The van der Waals surface area contributed by atoms with E-state index in [1.165, 1.54) is 7.11 Å². The van der Waals surface area contributed by atoms with Crippen LogP contribution in [0.3, 0.4) is 0 Å². The van der Waals surface area contributed by atoms with E-state index >= 15 is 0 Å². The Kier molecular flexibility index (Phi) is 5.48. The number of fused-ring (bicyclic) bond motifs is 1. The van der Waals surface area contributed by atoms with Gasteiger partial charge in [0.15, 0.2) is 5.78 Å². The first-order valence-corrected chi connectivity index (χ1v) is 9.93. The van der Waals surface area contributed by atoms with Gasteiger partial charge in [-0.3, -0.25) is 4.79 Å². The third-order valence-electron chi connectivity index (χ3n) is 5.33. The summed E-state index contributed by atoms with van der Waals surface area (Å²) in [6.07, 6.45) is 2.74. The number of nitrogens with zero attached hydrogens (tertiary/aromatic N) is 1. The van der Waals surface area contributed by atoms with Crippen LogP contribution in [-0.4, -0.2) is 25.4 Å². The van der Waals surface area contributed by atoms with Gasteiger partial charge in [-0.1, -0.05) is 54.1 Å². The first kappa shape index (κ1) is 19.6. The maximum atomic E-state index is 13.4. The Morgan fingerprint density at radius 3 is 2.40 bits per heavy atom. The number of methoxy groups -OCH3 is 1. The van der Waals surface area contributed by atoms with Gasteiger partial charge in [0.05, 0.1) is 12.7 Å². The number of hydrogen-bond acceptors (Lipinski definition) is 4. The van der Waals surface area contributed by atoms with E-state index in [-0.39, 0.29) is 11.8 Å². The van der Waals surface area contributed by atoms with Crippen LogP contribution in [0.15, 0.2) is 79.0 Å². The van der Waals surface area contributed by atoms with E-state index in [9.17, 15) is 9.59 Å². The molecule has 0 aromatic heterocycles. The van der Waals surface area contributed by atoms with E-state index in [2.05, 4.69) is 4.90 Å². The Bertz CT molecular complexity index is 1130. The number of rotatable bonds is 5. The van der Waals surface area contributed by atoms with Crippen LogP contribution >= 0.6 is 0 Å². The second kappa shape index (κ2) is 8.37. The summed E-state index contributed by atoms with van der Waals surface area (Å²) in [5.41, 5.74) is 5.87. The first-order chi connectivity index (χ1) is 14.6. The van der Waals surface area contributed by atoms with Crippen molar-refractivity contribution in [3.8, 4) is 0 Å². The van der Waals surface area contributed by atoms with Crippen LogP contribution in [0.2, 0.25) is 0 Å². The largest absolute Gasteiger partial charge is 0.465 e. The number of ether oxygens (including phenoxy) is 1. The monoisotopic (exact) mass is 397 g/mol. The molecule has 1 heterocycles. The summed E-state index contributed by atoms with van der Waals surface area (Å²) in [5.74, 6) is -0.351. The van der Waals surface area contributed by atoms with E-state index in [1.807, 2.05) is 79.9 Å². The number of hydrogen-bond donors (Lipinski definition) is 0. The van der Waals surface area contributed by atoms with Gasteiger partial charge >= 0.3 is 5.97 Å². The van der Waals surface area contributed by atoms with Gasteiger partial charge in [-0.2, -0.15) is 0 Å². The van der Waals surface area contributed by atoms with Crippen molar-refractivity contribution >= 4 is 23.0 Å². The van der Waals surface area contributed by atoms with E-state index < -0.39 is 0 Å². The molecule has 4 nitrogen and oxygen atoms in total. The molecule has 4 rings (SSSR count). The molecule has 3 aromatic rings. The molecule has 0 aliphatic carbocycles. The highest BCUT2D eigenvalue weighted by molar-refractivity contribution is 6.29. The van der Waals surface area contributed by atoms with Gasteiger partial charge in [0.2, 0.25) is 0 Å². The van der Waals surface area contributed by atoms with Gasteiger partial charge < -0.3 is 9.64 Å². The lowest BCUT2D eigenvalue weighted by molar-refractivity contribution is 0.0600. The molecule has 0 N–H and O–H groups in total. The molecule has 1 aliphatic rings. The predicted molar refractivity (Wildman–Crippen MR) is 119 cm³/mol. The maximum Gasteiger partial charge on any atom is 0.337 e. The minimum Gasteiger partial charge on any atom is -0.465 e. The lowest BCUT2D eigenvalue weighted by atomic mass is 9.96. The van der Waals surface area contributed by atoms with Crippen LogP contribution in [0, 0.1) is 6.92 Å². The lowest BCUT2D eigenvalue weighted by Crippen LogP contribution is -2.15. The zero-order valence-corrected chi connectivity index (χ0v) is 17.1. The number of carbonyl (C=O) groups excluding carboxylic acids is 2. The summed E-state index contributed by atoms with van der Waals surface area (Å²) < 4.78 is 4.83. The van der Waals surface area contributed by atoms with Crippen molar-refractivity contribution in [2.24, 2.45) is 0 Å². The third-order valence-corrected chi connectivity index (χ3v) is 5.33. The van der Waals surface area contributed by atoms with Crippen molar-refractivity contribution < 1.29 is 14.3 Å². The molecular formula is C26H23NO3. The van der Waals surface area contributed by atoms with Crippen LogP contribution < -0.4 is 4.90 Å². The number of ketones is 1. The number of carbonyl (C=O) groups is 2. The van der Waals surface area contributed by atoms with Gasteiger partial charge in [0.1, 0.15) is 0 Å². The normalized spacial score (nSPS) is 13.1. The fraction of sp³-hybridized carbons (Fsp3) is 0.154. The van der Waals surface area contributed by atoms with Gasteiger partial charge in [0.25, 0.3) is 0 Å². The minimum atomic E-state index is -0.341. The smallest absolute Gasteiger partial charge is 0.337 e. The number of anilines is 1. The zero-order chi connectivity index (χ0) is 21.1. The molecule has 0 fully saturated rings. The zero-order valence-electron chi connectivity index (χ0n) is 17.1. The van der Waals surface area contributed by atoms with Crippen molar-refractivity contribution in [2.45, 2.75) is 13.3 Å². The van der Waals surface area contributed by atoms with Crippen LogP contribution in [0.25, 0.3) is 5.57 Å². The van der Waals surface area contributed by atoms with Crippen molar-refractivity contribution in [1.29, 1.82) is 0 Å².